The number of hydrogen-bond donors (Lipinski definition) is 1. The molecule has 0 atom stereocenters. The molecule has 28 heavy (non-hydrogen) atoms. The van der Waals surface area contributed by atoms with Gasteiger partial charge in [-0.25, -0.2) is 14.2 Å². The van der Waals surface area contributed by atoms with Crippen LogP contribution in [0.2, 0.25) is 0 Å². The van der Waals surface area contributed by atoms with Crippen LogP contribution in [0, 0.1) is 19.7 Å². The summed E-state index contributed by atoms with van der Waals surface area (Å²) in [6.45, 7) is 4.01. The molecule has 4 aromatic rings. The number of nitrogens with zero attached hydrogens (tertiary/aromatic N) is 2. The van der Waals surface area contributed by atoms with Crippen molar-refractivity contribution >= 4 is 16.7 Å². The molecule has 0 aliphatic carbocycles. The summed E-state index contributed by atoms with van der Waals surface area (Å²) in [5, 5.41) is 11.9. The van der Waals surface area contributed by atoms with E-state index in [1.807, 2.05) is 37.3 Å². The van der Waals surface area contributed by atoms with E-state index in [4.69, 9.17) is 0 Å². The third-order valence-electron chi connectivity index (χ3n) is 5.02. The summed E-state index contributed by atoms with van der Waals surface area (Å²) in [6.07, 6.45) is 0. The maximum absolute atomic E-state index is 13.8. The number of aromatic nitrogens is 2. The van der Waals surface area contributed by atoms with Gasteiger partial charge in [-0.1, -0.05) is 48.5 Å². The number of hydrogen-bond acceptors (Lipinski definition) is 2. The average molecular weight is 374 g/mol. The van der Waals surface area contributed by atoms with Crippen LogP contribution in [0.4, 0.5) is 4.39 Å². The lowest BCUT2D eigenvalue weighted by Crippen LogP contribution is -2.13. The Balaban J connectivity index is 1.95. The van der Waals surface area contributed by atoms with Crippen molar-refractivity contribution in [2.45, 2.75) is 20.4 Å². The quantitative estimate of drug-likeness (QED) is 0.534. The maximum atomic E-state index is 13.8. The standard InChI is InChI=1S/C23H19FN2O2/c1-14-10-11-16-6-3-4-9-19(16)20(14)13-26-21(23(27)28)15(2)25-22(26)17-7-5-8-18(24)12-17/h3-12H,13H2,1-2H3,(H,27,28). The lowest BCUT2D eigenvalue weighted by molar-refractivity contribution is 0.0685. The van der Waals surface area contributed by atoms with Crippen LogP contribution in [-0.4, -0.2) is 20.6 Å². The van der Waals surface area contributed by atoms with Crippen molar-refractivity contribution < 1.29 is 14.3 Å². The number of benzene rings is 3. The number of halogens is 1. The molecule has 1 N–H and O–H groups in total. The highest BCUT2D eigenvalue weighted by molar-refractivity contribution is 5.89. The van der Waals surface area contributed by atoms with Crippen LogP contribution in [0.15, 0.2) is 60.7 Å². The fraction of sp³-hybridized carbons (Fsp3) is 0.130. The van der Waals surface area contributed by atoms with E-state index in [2.05, 4.69) is 11.1 Å². The Bertz CT molecular complexity index is 1210. The number of rotatable bonds is 4. The Morgan fingerprint density at radius 2 is 1.86 bits per heavy atom. The lowest BCUT2D eigenvalue weighted by Gasteiger charge is -2.15. The Morgan fingerprint density at radius 3 is 2.61 bits per heavy atom. The van der Waals surface area contributed by atoms with E-state index in [9.17, 15) is 14.3 Å². The van der Waals surface area contributed by atoms with Crippen LogP contribution in [0.25, 0.3) is 22.2 Å². The van der Waals surface area contributed by atoms with Crippen molar-refractivity contribution in [3.05, 3.63) is 89.0 Å². The summed E-state index contributed by atoms with van der Waals surface area (Å²) in [7, 11) is 0. The van der Waals surface area contributed by atoms with Gasteiger partial charge in [0.1, 0.15) is 11.6 Å². The second-order valence-electron chi connectivity index (χ2n) is 6.85. The van der Waals surface area contributed by atoms with Gasteiger partial charge in [0.15, 0.2) is 5.69 Å². The van der Waals surface area contributed by atoms with E-state index in [1.54, 1.807) is 23.6 Å². The minimum atomic E-state index is -1.05. The zero-order valence-electron chi connectivity index (χ0n) is 15.6. The van der Waals surface area contributed by atoms with Crippen LogP contribution in [0.5, 0.6) is 0 Å². The van der Waals surface area contributed by atoms with Crippen LogP contribution in [-0.2, 0) is 6.54 Å². The molecule has 0 spiro atoms. The van der Waals surface area contributed by atoms with Gasteiger partial charge in [-0.2, -0.15) is 0 Å². The van der Waals surface area contributed by atoms with Crippen molar-refractivity contribution in [2.75, 3.05) is 0 Å². The molecule has 4 nitrogen and oxygen atoms in total. The molecule has 0 amide bonds. The predicted octanol–water partition coefficient (Wildman–Crippen LogP) is 5.21. The molecule has 0 saturated heterocycles. The summed E-state index contributed by atoms with van der Waals surface area (Å²) in [5.41, 5.74) is 3.16. The van der Waals surface area contributed by atoms with Crippen LogP contribution < -0.4 is 0 Å². The molecule has 0 saturated carbocycles. The predicted molar refractivity (Wildman–Crippen MR) is 107 cm³/mol. The molecule has 0 unspecified atom stereocenters. The molecule has 5 heteroatoms. The van der Waals surface area contributed by atoms with Gasteiger partial charge in [0.2, 0.25) is 0 Å². The molecule has 3 aromatic carbocycles. The molecule has 0 radical (unpaired) electrons. The summed E-state index contributed by atoms with van der Waals surface area (Å²) < 4.78 is 15.5. The van der Waals surface area contributed by atoms with Crippen molar-refractivity contribution in [3.63, 3.8) is 0 Å². The Morgan fingerprint density at radius 1 is 1.07 bits per heavy atom. The summed E-state index contributed by atoms with van der Waals surface area (Å²) in [5.74, 6) is -0.991. The summed E-state index contributed by atoms with van der Waals surface area (Å²) >= 11 is 0. The lowest BCUT2D eigenvalue weighted by atomic mass is 9.99. The SMILES string of the molecule is Cc1ccc2ccccc2c1Cn1c(-c2cccc(F)c2)nc(C)c1C(=O)O. The number of carboxylic acid groups (broad SMARTS) is 1. The van der Waals surface area contributed by atoms with Crippen molar-refractivity contribution in [3.8, 4) is 11.4 Å². The molecule has 1 aromatic heterocycles. The van der Waals surface area contributed by atoms with Gasteiger partial charge >= 0.3 is 5.97 Å². The van der Waals surface area contributed by atoms with E-state index < -0.39 is 5.97 Å². The van der Waals surface area contributed by atoms with Gasteiger partial charge in [0, 0.05) is 5.56 Å². The van der Waals surface area contributed by atoms with Crippen molar-refractivity contribution in [1.82, 2.24) is 9.55 Å². The molecular formula is C23H19FN2O2. The molecule has 1 heterocycles. The minimum absolute atomic E-state index is 0.117. The van der Waals surface area contributed by atoms with E-state index in [1.165, 1.54) is 12.1 Å². The van der Waals surface area contributed by atoms with Crippen molar-refractivity contribution in [2.24, 2.45) is 0 Å². The van der Waals surface area contributed by atoms with Crippen molar-refractivity contribution in [1.29, 1.82) is 0 Å². The number of fused-ring (bicyclic) bond motifs is 1. The smallest absolute Gasteiger partial charge is 0.354 e. The average Bonchev–Trinajstić information content (AvgIpc) is 3.00. The second kappa shape index (κ2) is 6.93. The number of aryl methyl sites for hydroxylation is 2. The number of imidazole rings is 1. The van der Waals surface area contributed by atoms with E-state index in [-0.39, 0.29) is 11.5 Å². The third kappa shape index (κ3) is 3.05. The van der Waals surface area contributed by atoms with E-state index in [0.29, 0.717) is 23.6 Å². The summed E-state index contributed by atoms with van der Waals surface area (Å²) in [6, 6.07) is 18.2. The van der Waals surface area contributed by atoms with Gasteiger partial charge < -0.3 is 9.67 Å². The zero-order chi connectivity index (χ0) is 19.8. The topological polar surface area (TPSA) is 55.1 Å². The van der Waals surface area contributed by atoms with Gasteiger partial charge in [0.05, 0.1) is 12.2 Å². The molecule has 4 rings (SSSR count). The highest BCUT2D eigenvalue weighted by Gasteiger charge is 2.22. The monoisotopic (exact) mass is 374 g/mol. The van der Waals surface area contributed by atoms with Gasteiger partial charge in [-0.05, 0) is 47.9 Å². The number of carbonyl (C=O) groups is 1. The first kappa shape index (κ1) is 17.9. The largest absolute Gasteiger partial charge is 0.477 e. The molecule has 0 aliphatic rings. The van der Waals surface area contributed by atoms with Gasteiger partial charge in [0.25, 0.3) is 0 Å². The number of carboxylic acids is 1. The van der Waals surface area contributed by atoms with Crippen LogP contribution in [0.1, 0.15) is 27.3 Å². The first-order valence-electron chi connectivity index (χ1n) is 8.99. The van der Waals surface area contributed by atoms with E-state index >= 15 is 0 Å². The normalized spacial score (nSPS) is 11.1. The van der Waals surface area contributed by atoms with Gasteiger partial charge in [-0.3, -0.25) is 0 Å². The van der Waals surface area contributed by atoms with Crippen LogP contribution in [0.3, 0.4) is 0 Å². The molecular weight excluding hydrogens is 355 g/mol. The molecule has 0 bridgehead atoms. The van der Waals surface area contributed by atoms with Crippen LogP contribution >= 0.6 is 0 Å². The Labute approximate surface area is 161 Å². The number of aromatic carboxylic acids is 1. The molecule has 0 fully saturated rings. The Kier molecular flexibility index (Phi) is 4.43. The van der Waals surface area contributed by atoms with E-state index in [0.717, 1.165) is 21.9 Å². The maximum Gasteiger partial charge on any atom is 0.354 e. The highest BCUT2D eigenvalue weighted by atomic mass is 19.1. The molecule has 0 aliphatic heterocycles. The zero-order valence-corrected chi connectivity index (χ0v) is 15.6. The minimum Gasteiger partial charge on any atom is -0.477 e. The summed E-state index contributed by atoms with van der Waals surface area (Å²) in [4.78, 5) is 16.4. The Hall–Kier alpha value is -3.47. The fourth-order valence-corrected chi connectivity index (χ4v) is 3.66. The fourth-order valence-electron chi connectivity index (χ4n) is 3.66. The third-order valence-corrected chi connectivity index (χ3v) is 5.02. The highest BCUT2D eigenvalue weighted by Crippen LogP contribution is 2.28. The van der Waals surface area contributed by atoms with Gasteiger partial charge in [-0.15, -0.1) is 0 Å². The molecule has 140 valence electrons. The first-order valence-corrected chi connectivity index (χ1v) is 8.99. The second-order valence-corrected chi connectivity index (χ2v) is 6.85. The first-order chi connectivity index (χ1) is 13.5.